The van der Waals surface area contributed by atoms with Gasteiger partial charge in [-0.15, -0.1) is 11.3 Å². The standard InChI is InChI=1S/C12H18N2O4S/c1-4-5-6-18-12(16)14-11-13-8(2)9(19-11)7-10(15)17-3/h4-7H2,1-3H3,(H,13,14,16). The lowest BCUT2D eigenvalue weighted by atomic mass is 10.3. The summed E-state index contributed by atoms with van der Waals surface area (Å²) in [6.45, 7) is 4.19. The number of esters is 1. The molecule has 7 heteroatoms. The zero-order valence-corrected chi connectivity index (χ0v) is 12.1. The number of thiazole rings is 1. The van der Waals surface area contributed by atoms with Gasteiger partial charge in [-0.25, -0.2) is 9.78 Å². The molecule has 1 rings (SSSR count). The van der Waals surface area contributed by atoms with E-state index in [9.17, 15) is 9.59 Å². The van der Waals surface area contributed by atoms with Crippen molar-refractivity contribution in [2.45, 2.75) is 33.1 Å². The van der Waals surface area contributed by atoms with E-state index in [0.29, 0.717) is 17.4 Å². The highest BCUT2D eigenvalue weighted by atomic mass is 32.1. The Morgan fingerprint density at radius 2 is 2.16 bits per heavy atom. The number of nitrogens with zero attached hydrogens (tertiary/aromatic N) is 1. The van der Waals surface area contributed by atoms with Gasteiger partial charge in [0.05, 0.1) is 25.8 Å². The van der Waals surface area contributed by atoms with Crippen molar-refractivity contribution in [3.05, 3.63) is 10.6 Å². The van der Waals surface area contributed by atoms with Crippen LogP contribution in [0.5, 0.6) is 0 Å². The van der Waals surface area contributed by atoms with Crippen LogP contribution in [0.4, 0.5) is 9.93 Å². The molecule has 1 N–H and O–H groups in total. The maximum absolute atomic E-state index is 11.4. The quantitative estimate of drug-likeness (QED) is 0.642. The molecule has 0 aromatic carbocycles. The Labute approximate surface area is 116 Å². The molecule has 0 unspecified atom stereocenters. The molecule has 0 atom stereocenters. The van der Waals surface area contributed by atoms with Crippen molar-refractivity contribution in [1.82, 2.24) is 4.98 Å². The number of carbonyl (C=O) groups excluding carboxylic acids is 2. The third kappa shape index (κ3) is 5.25. The molecule has 1 amide bonds. The highest BCUT2D eigenvalue weighted by molar-refractivity contribution is 7.16. The minimum absolute atomic E-state index is 0.159. The predicted octanol–water partition coefficient (Wildman–Crippen LogP) is 2.52. The molecule has 1 heterocycles. The van der Waals surface area contributed by atoms with Gasteiger partial charge in [-0.2, -0.15) is 0 Å². The van der Waals surface area contributed by atoms with Gasteiger partial charge < -0.3 is 9.47 Å². The summed E-state index contributed by atoms with van der Waals surface area (Å²) in [4.78, 5) is 27.6. The number of methoxy groups -OCH3 is 1. The Bertz CT molecular complexity index is 445. The average molecular weight is 286 g/mol. The van der Waals surface area contributed by atoms with Crippen molar-refractivity contribution in [2.75, 3.05) is 19.0 Å². The number of anilines is 1. The van der Waals surface area contributed by atoms with Crippen LogP contribution in [0.1, 0.15) is 30.3 Å². The van der Waals surface area contributed by atoms with Crippen LogP contribution in [-0.2, 0) is 20.7 Å². The van der Waals surface area contributed by atoms with E-state index in [-0.39, 0.29) is 12.4 Å². The Hall–Kier alpha value is -1.63. The van der Waals surface area contributed by atoms with Gasteiger partial charge in [0.2, 0.25) is 0 Å². The van der Waals surface area contributed by atoms with Gasteiger partial charge >= 0.3 is 12.1 Å². The van der Waals surface area contributed by atoms with Gasteiger partial charge in [-0.1, -0.05) is 13.3 Å². The Balaban J connectivity index is 2.53. The van der Waals surface area contributed by atoms with Crippen LogP contribution in [-0.4, -0.2) is 30.8 Å². The predicted molar refractivity (Wildman–Crippen MR) is 72.4 cm³/mol. The molecule has 106 valence electrons. The van der Waals surface area contributed by atoms with E-state index in [4.69, 9.17) is 4.74 Å². The van der Waals surface area contributed by atoms with E-state index in [2.05, 4.69) is 15.0 Å². The number of aryl methyl sites for hydroxylation is 1. The number of unbranched alkanes of at least 4 members (excludes halogenated alkanes) is 1. The van der Waals surface area contributed by atoms with E-state index >= 15 is 0 Å². The molecule has 0 aliphatic rings. The number of ether oxygens (including phenoxy) is 2. The van der Waals surface area contributed by atoms with Crippen molar-refractivity contribution in [3.63, 3.8) is 0 Å². The van der Waals surface area contributed by atoms with Crippen LogP contribution in [0.2, 0.25) is 0 Å². The van der Waals surface area contributed by atoms with E-state index < -0.39 is 6.09 Å². The summed E-state index contributed by atoms with van der Waals surface area (Å²) in [7, 11) is 1.34. The van der Waals surface area contributed by atoms with Gasteiger partial charge in [0.1, 0.15) is 0 Å². The molecule has 0 bridgehead atoms. The van der Waals surface area contributed by atoms with E-state index in [1.807, 2.05) is 6.92 Å². The van der Waals surface area contributed by atoms with E-state index in [0.717, 1.165) is 17.7 Å². The lowest BCUT2D eigenvalue weighted by Crippen LogP contribution is -2.14. The lowest BCUT2D eigenvalue weighted by Gasteiger charge is -2.02. The van der Waals surface area contributed by atoms with Crippen LogP contribution in [0.3, 0.4) is 0 Å². The molecule has 6 nitrogen and oxygen atoms in total. The zero-order chi connectivity index (χ0) is 14.3. The fourth-order valence-electron chi connectivity index (χ4n) is 1.28. The second-order valence-electron chi connectivity index (χ2n) is 3.89. The Kier molecular flexibility index (Phi) is 6.27. The van der Waals surface area contributed by atoms with Crippen LogP contribution >= 0.6 is 11.3 Å². The molecule has 1 aromatic heterocycles. The summed E-state index contributed by atoms with van der Waals surface area (Å²) in [5, 5.41) is 2.98. The highest BCUT2D eigenvalue weighted by Gasteiger charge is 2.13. The fraction of sp³-hybridized carbons (Fsp3) is 0.583. The molecule has 0 aliphatic carbocycles. The molecule has 0 saturated heterocycles. The van der Waals surface area contributed by atoms with Crippen molar-refractivity contribution >= 4 is 28.5 Å². The summed E-state index contributed by atoms with van der Waals surface area (Å²) in [6.07, 6.45) is 1.43. The summed E-state index contributed by atoms with van der Waals surface area (Å²) < 4.78 is 9.56. The second kappa shape index (κ2) is 7.73. The number of carbonyl (C=O) groups is 2. The molecular weight excluding hydrogens is 268 g/mol. The Morgan fingerprint density at radius 1 is 1.42 bits per heavy atom. The Morgan fingerprint density at radius 3 is 2.79 bits per heavy atom. The number of amides is 1. The molecule has 0 radical (unpaired) electrons. The molecule has 0 aliphatic heterocycles. The first-order valence-electron chi connectivity index (χ1n) is 6.03. The number of hydrogen-bond acceptors (Lipinski definition) is 6. The third-order valence-electron chi connectivity index (χ3n) is 2.37. The number of nitrogens with one attached hydrogen (secondary N) is 1. The van der Waals surface area contributed by atoms with Crippen LogP contribution < -0.4 is 5.32 Å². The number of aromatic nitrogens is 1. The van der Waals surface area contributed by atoms with Crippen molar-refractivity contribution in [1.29, 1.82) is 0 Å². The van der Waals surface area contributed by atoms with Crippen LogP contribution in [0, 0.1) is 6.92 Å². The lowest BCUT2D eigenvalue weighted by molar-refractivity contribution is -0.139. The maximum atomic E-state index is 11.4. The summed E-state index contributed by atoms with van der Waals surface area (Å²) >= 11 is 1.25. The van der Waals surface area contributed by atoms with Crippen LogP contribution in [0.25, 0.3) is 0 Å². The van der Waals surface area contributed by atoms with Gasteiger partial charge in [0.15, 0.2) is 5.13 Å². The van der Waals surface area contributed by atoms with E-state index in [1.54, 1.807) is 6.92 Å². The second-order valence-corrected chi connectivity index (χ2v) is 4.98. The van der Waals surface area contributed by atoms with Crippen molar-refractivity contribution in [2.24, 2.45) is 0 Å². The number of hydrogen-bond donors (Lipinski definition) is 1. The smallest absolute Gasteiger partial charge is 0.413 e. The minimum Gasteiger partial charge on any atom is -0.469 e. The first-order chi connectivity index (χ1) is 9.06. The molecular formula is C12H18N2O4S. The van der Waals surface area contributed by atoms with Gasteiger partial charge in [-0.3, -0.25) is 10.1 Å². The molecule has 1 aromatic rings. The molecule has 0 saturated carbocycles. The SMILES string of the molecule is CCCCOC(=O)Nc1nc(C)c(CC(=O)OC)s1. The summed E-state index contributed by atoms with van der Waals surface area (Å²) in [5.41, 5.74) is 0.708. The first kappa shape index (κ1) is 15.4. The van der Waals surface area contributed by atoms with Crippen molar-refractivity contribution < 1.29 is 19.1 Å². The monoisotopic (exact) mass is 286 g/mol. The third-order valence-corrected chi connectivity index (χ3v) is 3.44. The summed E-state index contributed by atoms with van der Waals surface area (Å²) in [5.74, 6) is -0.330. The van der Waals surface area contributed by atoms with Crippen LogP contribution in [0.15, 0.2) is 0 Å². The average Bonchev–Trinajstić information content (AvgIpc) is 2.69. The normalized spacial score (nSPS) is 10.1. The molecule has 0 fully saturated rings. The summed E-state index contributed by atoms with van der Waals surface area (Å²) in [6, 6.07) is 0. The highest BCUT2D eigenvalue weighted by Crippen LogP contribution is 2.23. The van der Waals surface area contributed by atoms with Gasteiger partial charge in [0.25, 0.3) is 0 Å². The van der Waals surface area contributed by atoms with Gasteiger partial charge in [0, 0.05) is 4.88 Å². The zero-order valence-electron chi connectivity index (χ0n) is 11.3. The van der Waals surface area contributed by atoms with Crippen molar-refractivity contribution in [3.8, 4) is 0 Å². The first-order valence-corrected chi connectivity index (χ1v) is 6.85. The van der Waals surface area contributed by atoms with E-state index in [1.165, 1.54) is 18.4 Å². The topological polar surface area (TPSA) is 77.5 Å². The largest absolute Gasteiger partial charge is 0.469 e. The molecule has 0 spiro atoms. The minimum atomic E-state index is -0.521. The number of rotatable bonds is 6. The fourth-order valence-corrected chi connectivity index (χ4v) is 2.22. The van der Waals surface area contributed by atoms with Gasteiger partial charge in [-0.05, 0) is 13.3 Å². The maximum Gasteiger partial charge on any atom is 0.413 e. The molecule has 19 heavy (non-hydrogen) atoms.